The minimum Gasteiger partial charge on any atom is -0.289 e. The lowest BCUT2D eigenvalue weighted by molar-refractivity contribution is 0.103. The van der Waals surface area contributed by atoms with E-state index >= 15 is 0 Å². The van der Waals surface area contributed by atoms with Gasteiger partial charge in [-0.1, -0.05) is 0 Å². The van der Waals surface area contributed by atoms with Gasteiger partial charge in [0.2, 0.25) is 0 Å². The monoisotopic (exact) mass is 330 g/mol. The molecule has 0 saturated carbocycles. The second-order valence-electron chi connectivity index (χ2n) is 4.48. The van der Waals surface area contributed by atoms with Gasteiger partial charge in [-0.15, -0.1) is 11.8 Å². The van der Waals surface area contributed by atoms with Crippen LogP contribution in [0.2, 0.25) is 0 Å². The summed E-state index contributed by atoms with van der Waals surface area (Å²) in [5, 5.41) is 3.06. The first kappa shape index (κ1) is 16.8. The van der Waals surface area contributed by atoms with Crippen molar-refractivity contribution in [2.45, 2.75) is 0 Å². The lowest BCUT2D eigenvalue weighted by atomic mass is 10.1. The Morgan fingerprint density at radius 1 is 0.696 bits per heavy atom. The van der Waals surface area contributed by atoms with Crippen molar-refractivity contribution in [2.24, 2.45) is 0 Å². The molecule has 2 nitrogen and oxygen atoms in total. The van der Waals surface area contributed by atoms with Gasteiger partial charge >= 0.3 is 0 Å². The smallest absolute Gasteiger partial charge is 0.186 e. The molecule has 0 atom stereocenters. The van der Waals surface area contributed by atoms with Gasteiger partial charge in [-0.2, -0.15) is 0 Å². The van der Waals surface area contributed by atoms with E-state index in [0.717, 1.165) is 11.8 Å². The third-order valence-corrected chi connectivity index (χ3v) is 3.44. The summed E-state index contributed by atoms with van der Waals surface area (Å²) in [6.07, 6.45) is 2.68. The van der Waals surface area contributed by atoms with Crippen molar-refractivity contribution in [3.05, 3.63) is 94.3 Å². The van der Waals surface area contributed by atoms with Gasteiger partial charge in [-0.05, 0) is 71.5 Å². The maximum Gasteiger partial charge on any atom is 0.186 e. The first-order valence-corrected chi connectivity index (χ1v) is 7.59. The average Bonchev–Trinajstić information content (AvgIpc) is 2.55. The molecule has 0 saturated heterocycles. The molecule has 0 spiro atoms. The zero-order chi connectivity index (χ0) is 16.7. The SMILES string of the molecule is O=C(/C=C\S/C=C/C(=O)c1ccc(F)cc1)c1ccc(F)cc1. The van der Waals surface area contributed by atoms with E-state index in [-0.39, 0.29) is 11.6 Å². The zero-order valence-corrected chi connectivity index (χ0v) is 12.7. The fraction of sp³-hybridized carbons (Fsp3) is 0. The van der Waals surface area contributed by atoms with Crippen LogP contribution in [0.4, 0.5) is 8.78 Å². The molecule has 23 heavy (non-hydrogen) atoms. The van der Waals surface area contributed by atoms with Crippen LogP contribution in [0, 0.1) is 11.6 Å². The minimum atomic E-state index is -0.401. The minimum absolute atomic E-state index is 0.254. The number of ketones is 2. The summed E-state index contributed by atoms with van der Waals surface area (Å²) in [5.41, 5.74) is 0.768. The van der Waals surface area contributed by atoms with Crippen LogP contribution in [0.25, 0.3) is 0 Å². The number of benzene rings is 2. The predicted molar refractivity (Wildman–Crippen MR) is 87.3 cm³/mol. The van der Waals surface area contributed by atoms with Gasteiger partial charge in [0.25, 0.3) is 0 Å². The number of halogens is 2. The normalized spacial score (nSPS) is 11.2. The molecule has 0 heterocycles. The Balaban J connectivity index is 1.86. The average molecular weight is 330 g/mol. The van der Waals surface area contributed by atoms with Gasteiger partial charge in [0.05, 0.1) is 0 Å². The molecule has 2 rings (SSSR count). The summed E-state index contributed by atoms with van der Waals surface area (Å²) < 4.78 is 25.5. The largest absolute Gasteiger partial charge is 0.289 e. The van der Waals surface area contributed by atoms with E-state index in [2.05, 4.69) is 0 Å². The Morgan fingerprint density at radius 3 is 1.39 bits per heavy atom. The van der Waals surface area contributed by atoms with Crippen molar-refractivity contribution in [1.82, 2.24) is 0 Å². The second-order valence-corrected chi connectivity index (χ2v) is 5.30. The van der Waals surface area contributed by atoms with Crippen molar-refractivity contribution >= 4 is 23.3 Å². The van der Waals surface area contributed by atoms with Crippen molar-refractivity contribution < 1.29 is 18.4 Å². The van der Waals surface area contributed by atoms with Crippen LogP contribution in [0.3, 0.4) is 0 Å². The third kappa shape index (κ3) is 5.30. The maximum atomic E-state index is 12.7. The van der Waals surface area contributed by atoms with Gasteiger partial charge in [-0.3, -0.25) is 9.59 Å². The van der Waals surface area contributed by atoms with Gasteiger partial charge in [0.15, 0.2) is 11.6 Å². The fourth-order valence-electron chi connectivity index (χ4n) is 1.67. The first-order chi connectivity index (χ1) is 11.1. The topological polar surface area (TPSA) is 34.1 Å². The number of allylic oxidation sites excluding steroid dienone is 2. The van der Waals surface area contributed by atoms with Crippen molar-refractivity contribution in [1.29, 1.82) is 0 Å². The van der Waals surface area contributed by atoms with Crippen molar-refractivity contribution in [3.8, 4) is 0 Å². The van der Waals surface area contributed by atoms with Crippen LogP contribution >= 0.6 is 11.8 Å². The maximum absolute atomic E-state index is 12.7. The van der Waals surface area contributed by atoms with E-state index < -0.39 is 11.6 Å². The van der Waals surface area contributed by atoms with Crippen LogP contribution in [-0.2, 0) is 0 Å². The highest BCUT2D eigenvalue weighted by Crippen LogP contribution is 2.10. The van der Waals surface area contributed by atoms with E-state index in [1.807, 2.05) is 0 Å². The summed E-state index contributed by atoms with van der Waals surface area (Å²) in [4.78, 5) is 23.5. The predicted octanol–water partition coefficient (Wildman–Crippen LogP) is 4.79. The van der Waals surface area contributed by atoms with Gasteiger partial charge < -0.3 is 0 Å². The highest BCUT2D eigenvalue weighted by Gasteiger charge is 2.02. The molecule has 5 heteroatoms. The lowest BCUT2D eigenvalue weighted by Gasteiger charge is -1.95. The van der Waals surface area contributed by atoms with E-state index in [1.165, 1.54) is 71.5 Å². The molecule has 2 aromatic rings. The molecule has 0 aliphatic rings. The van der Waals surface area contributed by atoms with Crippen molar-refractivity contribution in [3.63, 3.8) is 0 Å². The van der Waals surface area contributed by atoms with E-state index in [1.54, 1.807) is 0 Å². The van der Waals surface area contributed by atoms with E-state index in [0.29, 0.717) is 11.1 Å². The molecule has 0 aliphatic carbocycles. The number of rotatable bonds is 6. The van der Waals surface area contributed by atoms with E-state index in [4.69, 9.17) is 0 Å². The Kier molecular flexibility index (Phi) is 6.00. The Morgan fingerprint density at radius 2 is 1.04 bits per heavy atom. The summed E-state index contributed by atoms with van der Waals surface area (Å²) in [6.45, 7) is 0. The Labute approximate surface area is 136 Å². The Hall–Kier alpha value is -2.53. The molecular formula is C18H12F2O2S. The summed E-state index contributed by atoms with van der Waals surface area (Å²) in [7, 11) is 0. The number of carbonyl (C=O) groups excluding carboxylic acids is 2. The molecular weight excluding hydrogens is 318 g/mol. The lowest BCUT2D eigenvalue weighted by Crippen LogP contribution is -1.93. The van der Waals surface area contributed by atoms with E-state index in [9.17, 15) is 18.4 Å². The summed E-state index contributed by atoms with van der Waals surface area (Å²) in [5.74, 6) is -1.31. The first-order valence-electron chi connectivity index (χ1n) is 6.64. The van der Waals surface area contributed by atoms with Crippen LogP contribution < -0.4 is 0 Å². The van der Waals surface area contributed by atoms with Gasteiger partial charge in [0, 0.05) is 11.1 Å². The quantitative estimate of drug-likeness (QED) is 0.564. The zero-order valence-electron chi connectivity index (χ0n) is 11.9. The standard InChI is InChI=1S/C18H12F2O2S/c19-15-5-1-13(2-6-15)17(21)9-11-23-12-10-18(22)14-3-7-16(20)8-4-14/h1-12H/b11-9-,12-10+. The highest BCUT2D eigenvalue weighted by atomic mass is 32.2. The highest BCUT2D eigenvalue weighted by molar-refractivity contribution is 8.04. The third-order valence-electron chi connectivity index (χ3n) is 2.85. The van der Waals surface area contributed by atoms with Crippen molar-refractivity contribution in [2.75, 3.05) is 0 Å². The molecule has 0 unspecified atom stereocenters. The molecule has 0 bridgehead atoms. The van der Waals surface area contributed by atoms with Crippen LogP contribution in [-0.4, -0.2) is 11.6 Å². The molecule has 0 aliphatic heterocycles. The number of carbonyl (C=O) groups is 2. The number of thioether (sulfide) groups is 1. The molecule has 0 radical (unpaired) electrons. The van der Waals surface area contributed by atoms with Gasteiger partial charge in [0.1, 0.15) is 11.6 Å². The fourth-order valence-corrected chi connectivity index (χ4v) is 2.16. The summed E-state index contributed by atoms with van der Waals surface area (Å²) in [6, 6.07) is 10.5. The molecule has 116 valence electrons. The molecule has 0 amide bonds. The summed E-state index contributed by atoms with van der Waals surface area (Å²) >= 11 is 1.15. The molecule has 0 N–H and O–H groups in total. The second kappa shape index (κ2) is 8.19. The number of hydrogen-bond donors (Lipinski definition) is 0. The number of hydrogen-bond acceptors (Lipinski definition) is 3. The van der Waals surface area contributed by atoms with Crippen LogP contribution in [0.1, 0.15) is 20.7 Å². The molecule has 0 aromatic heterocycles. The molecule has 2 aromatic carbocycles. The van der Waals surface area contributed by atoms with Crippen LogP contribution in [0.15, 0.2) is 71.5 Å². The molecule has 0 fully saturated rings. The van der Waals surface area contributed by atoms with Crippen LogP contribution in [0.5, 0.6) is 0 Å². The van der Waals surface area contributed by atoms with Gasteiger partial charge in [-0.25, -0.2) is 8.78 Å². The Bertz CT molecular complexity index is 682.